The van der Waals surface area contributed by atoms with E-state index in [1.165, 1.54) is 5.56 Å². The molecule has 2 aliphatic rings. The molecule has 1 aromatic heterocycles. The van der Waals surface area contributed by atoms with E-state index in [1.807, 2.05) is 17.0 Å². The van der Waals surface area contributed by atoms with Crippen molar-refractivity contribution >= 4 is 11.9 Å². The van der Waals surface area contributed by atoms with Crippen molar-refractivity contribution in [1.82, 2.24) is 19.8 Å². The predicted molar refractivity (Wildman–Crippen MR) is 106 cm³/mol. The van der Waals surface area contributed by atoms with Crippen LogP contribution < -0.4 is 14.8 Å². The first-order valence-electron chi connectivity index (χ1n) is 9.68. The van der Waals surface area contributed by atoms with Gasteiger partial charge in [-0.3, -0.25) is 9.69 Å². The molecule has 1 aromatic carbocycles. The maximum absolute atomic E-state index is 12.7. The lowest BCUT2D eigenvalue weighted by atomic mass is 10.1. The van der Waals surface area contributed by atoms with E-state index in [-0.39, 0.29) is 12.7 Å². The Bertz CT molecular complexity index is 837. The van der Waals surface area contributed by atoms with Crippen molar-refractivity contribution in [1.29, 1.82) is 0 Å². The molecule has 9 heteroatoms. The van der Waals surface area contributed by atoms with E-state index in [2.05, 4.69) is 26.3 Å². The molecular formula is C20H25N5O4. The number of nitrogens with zero attached hydrogens (tertiary/aromatic N) is 4. The fourth-order valence-electron chi connectivity index (χ4n) is 3.38. The summed E-state index contributed by atoms with van der Waals surface area (Å²) >= 11 is 0. The van der Waals surface area contributed by atoms with Crippen LogP contribution in [0.15, 0.2) is 30.6 Å². The third-order valence-corrected chi connectivity index (χ3v) is 4.99. The van der Waals surface area contributed by atoms with Crippen LogP contribution in [0.1, 0.15) is 15.9 Å². The van der Waals surface area contributed by atoms with Crippen molar-refractivity contribution in [3.05, 3.63) is 41.7 Å². The third kappa shape index (κ3) is 4.75. The van der Waals surface area contributed by atoms with Crippen LogP contribution in [0, 0.1) is 0 Å². The zero-order chi connectivity index (χ0) is 20.1. The van der Waals surface area contributed by atoms with E-state index in [0.717, 1.165) is 31.1 Å². The lowest BCUT2D eigenvalue weighted by molar-refractivity contribution is 0.0627. The van der Waals surface area contributed by atoms with Crippen LogP contribution in [0.25, 0.3) is 0 Å². The number of amides is 1. The van der Waals surface area contributed by atoms with Crippen LogP contribution in [0.5, 0.6) is 11.5 Å². The van der Waals surface area contributed by atoms with E-state index < -0.39 is 0 Å². The van der Waals surface area contributed by atoms with Crippen molar-refractivity contribution in [3.63, 3.8) is 0 Å². The van der Waals surface area contributed by atoms with Crippen LogP contribution in [0.3, 0.4) is 0 Å². The minimum atomic E-state index is -0.0313. The average molecular weight is 399 g/mol. The molecule has 3 heterocycles. The van der Waals surface area contributed by atoms with Crippen LogP contribution in [0.2, 0.25) is 0 Å². The Morgan fingerprint density at radius 2 is 1.90 bits per heavy atom. The zero-order valence-electron chi connectivity index (χ0n) is 16.5. The molecule has 1 fully saturated rings. The standard InChI is InChI=1S/C20H25N5O4/c1-27-9-4-21-20-22-11-16(12-23-20)19(26)25-7-5-24(6-8-25)13-15-2-3-17-18(10-15)29-14-28-17/h2-3,10-12H,4-9,13-14H2,1H3,(H,21,22,23). The molecule has 0 spiro atoms. The molecule has 29 heavy (non-hydrogen) atoms. The largest absolute Gasteiger partial charge is 0.454 e. The van der Waals surface area contributed by atoms with E-state index in [9.17, 15) is 4.79 Å². The number of nitrogens with one attached hydrogen (secondary N) is 1. The minimum Gasteiger partial charge on any atom is -0.454 e. The second-order valence-corrected chi connectivity index (χ2v) is 6.97. The maximum Gasteiger partial charge on any atom is 0.257 e. The molecule has 9 nitrogen and oxygen atoms in total. The number of carbonyl (C=O) groups is 1. The highest BCUT2D eigenvalue weighted by Gasteiger charge is 2.23. The molecule has 0 radical (unpaired) electrons. The molecule has 2 aliphatic heterocycles. The van der Waals surface area contributed by atoms with Crippen molar-refractivity contribution in [2.24, 2.45) is 0 Å². The van der Waals surface area contributed by atoms with Gasteiger partial charge in [-0.25, -0.2) is 9.97 Å². The first-order valence-corrected chi connectivity index (χ1v) is 9.68. The molecule has 1 amide bonds. The second-order valence-electron chi connectivity index (χ2n) is 6.97. The smallest absolute Gasteiger partial charge is 0.257 e. The lowest BCUT2D eigenvalue weighted by Gasteiger charge is -2.34. The monoisotopic (exact) mass is 399 g/mol. The van der Waals surface area contributed by atoms with Gasteiger partial charge in [-0.1, -0.05) is 6.07 Å². The zero-order valence-corrected chi connectivity index (χ0v) is 16.5. The number of aromatic nitrogens is 2. The molecule has 0 unspecified atom stereocenters. The highest BCUT2D eigenvalue weighted by Crippen LogP contribution is 2.32. The molecular weight excluding hydrogens is 374 g/mol. The summed E-state index contributed by atoms with van der Waals surface area (Å²) in [5.41, 5.74) is 1.69. The van der Waals surface area contributed by atoms with Crippen molar-refractivity contribution in [2.75, 3.05) is 58.6 Å². The number of fused-ring (bicyclic) bond motifs is 1. The van der Waals surface area contributed by atoms with Gasteiger partial charge in [-0.15, -0.1) is 0 Å². The summed E-state index contributed by atoms with van der Waals surface area (Å²) in [5, 5.41) is 3.04. The summed E-state index contributed by atoms with van der Waals surface area (Å²) in [4.78, 5) is 25.3. The molecule has 1 N–H and O–H groups in total. The van der Waals surface area contributed by atoms with Gasteiger partial charge in [0.25, 0.3) is 5.91 Å². The van der Waals surface area contributed by atoms with E-state index >= 15 is 0 Å². The highest BCUT2D eigenvalue weighted by molar-refractivity contribution is 5.93. The second kappa shape index (κ2) is 9.06. The van der Waals surface area contributed by atoms with Gasteiger partial charge < -0.3 is 24.4 Å². The van der Waals surface area contributed by atoms with Gasteiger partial charge in [-0.05, 0) is 17.7 Å². The molecule has 0 bridgehead atoms. The minimum absolute atomic E-state index is 0.0313. The first-order chi connectivity index (χ1) is 14.2. The summed E-state index contributed by atoms with van der Waals surface area (Å²) in [6.07, 6.45) is 3.15. The van der Waals surface area contributed by atoms with Crippen LogP contribution in [-0.4, -0.2) is 78.9 Å². The van der Waals surface area contributed by atoms with Crippen LogP contribution in [0.4, 0.5) is 5.95 Å². The summed E-state index contributed by atoms with van der Waals surface area (Å²) < 4.78 is 15.8. The van der Waals surface area contributed by atoms with E-state index in [4.69, 9.17) is 14.2 Å². The number of rotatable bonds is 7. The number of carbonyl (C=O) groups excluding carboxylic acids is 1. The number of hydrogen-bond donors (Lipinski definition) is 1. The maximum atomic E-state index is 12.7. The van der Waals surface area contributed by atoms with Crippen molar-refractivity contribution < 1.29 is 19.0 Å². The molecule has 0 atom stereocenters. The number of hydrogen-bond acceptors (Lipinski definition) is 8. The van der Waals surface area contributed by atoms with Gasteiger partial charge in [0, 0.05) is 58.8 Å². The third-order valence-electron chi connectivity index (χ3n) is 4.99. The van der Waals surface area contributed by atoms with Gasteiger partial charge in [-0.2, -0.15) is 0 Å². The van der Waals surface area contributed by atoms with Crippen molar-refractivity contribution in [3.8, 4) is 11.5 Å². The van der Waals surface area contributed by atoms with Gasteiger partial charge in [0.2, 0.25) is 12.7 Å². The number of methoxy groups -OCH3 is 1. The Hall–Kier alpha value is -2.91. The number of piperazine rings is 1. The topological polar surface area (TPSA) is 89.1 Å². The van der Waals surface area contributed by atoms with Crippen LogP contribution in [-0.2, 0) is 11.3 Å². The Balaban J connectivity index is 1.27. The van der Waals surface area contributed by atoms with Gasteiger partial charge in [0.1, 0.15) is 0 Å². The van der Waals surface area contributed by atoms with Gasteiger partial charge in [0.15, 0.2) is 11.5 Å². The number of benzene rings is 1. The molecule has 154 valence electrons. The first kappa shape index (κ1) is 19.4. The quantitative estimate of drug-likeness (QED) is 0.696. The SMILES string of the molecule is COCCNc1ncc(C(=O)N2CCN(Cc3ccc4c(c3)OCO4)CC2)cn1. The molecule has 1 saturated heterocycles. The summed E-state index contributed by atoms with van der Waals surface area (Å²) in [7, 11) is 1.64. The Morgan fingerprint density at radius 1 is 1.14 bits per heavy atom. The molecule has 0 saturated carbocycles. The van der Waals surface area contributed by atoms with Crippen molar-refractivity contribution in [2.45, 2.75) is 6.54 Å². The fourth-order valence-corrected chi connectivity index (χ4v) is 3.38. The Kier molecular flexibility index (Phi) is 6.06. The van der Waals surface area contributed by atoms with Crippen LogP contribution >= 0.6 is 0 Å². The summed E-state index contributed by atoms with van der Waals surface area (Å²) in [6, 6.07) is 6.04. The Morgan fingerprint density at radius 3 is 2.66 bits per heavy atom. The predicted octanol–water partition coefficient (Wildman–Crippen LogP) is 1.22. The number of anilines is 1. The average Bonchev–Trinajstić information content (AvgIpc) is 3.22. The van der Waals surface area contributed by atoms with Gasteiger partial charge >= 0.3 is 0 Å². The fraction of sp³-hybridized carbons (Fsp3) is 0.450. The Labute approximate surface area is 169 Å². The van der Waals surface area contributed by atoms with E-state index in [0.29, 0.717) is 37.8 Å². The summed E-state index contributed by atoms with van der Waals surface area (Å²) in [6.45, 7) is 5.29. The normalized spacial score (nSPS) is 16.1. The number of ether oxygens (including phenoxy) is 3. The molecule has 4 rings (SSSR count). The molecule has 2 aromatic rings. The lowest BCUT2D eigenvalue weighted by Crippen LogP contribution is -2.48. The van der Waals surface area contributed by atoms with E-state index in [1.54, 1.807) is 19.5 Å². The summed E-state index contributed by atoms with van der Waals surface area (Å²) in [5.74, 6) is 2.06. The highest BCUT2D eigenvalue weighted by atomic mass is 16.7. The molecule has 0 aliphatic carbocycles. The van der Waals surface area contributed by atoms with Gasteiger partial charge in [0.05, 0.1) is 12.2 Å².